The Balaban J connectivity index is 4.16. The Labute approximate surface area is 84.6 Å². The first-order valence-electron chi connectivity index (χ1n) is 4.44. The van der Waals surface area contributed by atoms with E-state index in [2.05, 4.69) is 6.58 Å². The molecule has 0 aromatic carbocycles. The lowest BCUT2D eigenvalue weighted by Crippen LogP contribution is -2.23. The van der Waals surface area contributed by atoms with Crippen LogP contribution in [-0.2, 0) is 14.6 Å². The van der Waals surface area contributed by atoms with E-state index in [9.17, 15) is 13.2 Å². The third kappa shape index (κ3) is 5.01. The molecule has 14 heavy (non-hydrogen) atoms. The minimum Gasteiger partial charge on any atom is -0.481 e. The Morgan fingerprint density at radius 3 is 2.57 bits per heavy atom. The smallest absolute Gasteiger partial charge is 0.304 e. The van der Waals surface area contributed by atoms with E-state index in [-0.39, 0.29) is 12.2 Å². The van der Waals surface area contributed by atoms with Crippen molar-refractivity contribution >= 4 is 15.8 Å². The Hall–Kier alpha value is -0.840. The van der Waals surface area contributed by atoms with Crippen molar-refractivity contribution in [2.75, 3.05) is 5.75 Å². The van der Waals surface area contributed by atoms with Crippen LogP contribution in [-0.4, -0.2) is 30.5 Å². The van der Waals surface area contributed by atoms with Gasteiger partial charge < -0.3 is 5.11 Å². The molecule has 0 radical (unpaired) electrons. The molecule has 1 unspecified atom stereocenters. The third-order valence-corrected chi connectivity index (χ3v) is 4.16. The van der Waals surface area contributed by atoms with Crippen LogP contribution in [0, 0.1) is 0 Å². The fraction of sp³-hybridized carbons (Fsp3) is 0.667. The normalized spacial score (nSPS) is 13.5. The molecule has 0 aliphatic rings. The highest BCUT2D eigenvalue weighted by Crippen LogP contribution is 2.09. The van der Waals surface area contributed by atoms with Gasteiger partial charge in [-0.05, 0) is 19.8 Å². The predicted molar refractivity (Wildman–Crippen MR) is 54.9 cm³/mol. The summed E-state index contributed by atoms with van der Waals surface area (Å²) in [6.07, 6.45) is 2.47. The van der Waals surface area contributed by atoms with Crippen molar-refractivity contribution in [3.05, 3.63) is 12.7 Å². The summed E-state index contributed by atoms with van der Waals surface area (Å²) in [5.41, 5.74) is 0. The fourth-order valence-corrected chi connectivity index (χ4v) is 2.37. The van der Waals surface area contributed by atoms with E-state index in [1.807, 2.05) is 0 Å². The number of carboxylic acids is 1. The van der Waals surface area contributed by atoms with E-state index in [1.54, 1.807) is 6.08 Å². The van der Waals surface area contributed by atoms with Gasteiger partial charge in [-0.3, -0.25) is 4.79 Å². The maximum absolute atomic E-state index is 11.4. The summed E-state index contributed by atoms with van der Waals surface area (Å²) in [5.74, 6) is -1.04. The van der Waals surface area contributed by atoms with Gasteiger partial charge in [0.2, 0.25) is 0 Å². The SMILES string of the molecule is C=CCCCS(=O)(=O)C(C)CC(=O)O. The molecule has 0 aliphatic carbocycles. The second-order valence-corrected chi connectivity index (χ2v) is 5.75. The van der Waals surface area contributed by atoms with Crippen molar-refractivity contribution in [2.45, 2.75) is 31.4 Å². The molecule has 0 aromatic heterocycles. The molecule has 0 amide bonds. The van der Waals surface area contributed by atoms with Crippen LogP contribution in [0.15, 0.2) is 12.7 Å². The van der Waals surface area contributed by atoms with Crippen molar-refractivity contribution in [2.24, 2.45) is 0 Å². The van der Waals surface area contributed by atoms with E-state index >= 15 is 0 Å². The van der Waals surface area contributed by atoms with Crippen molar-refractivity contribution in [1.82, 2.24) is 0 Å². The van der Waals surface area contributed by atoms with Crippen LogP contribution in [0.1, 0.15) is 26.2 Å². The molecule has 5 heteroatoms. The molecule has 1 N–H and O–H groups in total. The molecule has 0 rings (SSSR count). The number of carboxylic acid groups (broad SMARTS) is 1. The van der Waals surface area contributed by atoms with Gasteiger partial charge in [-0.25, -0.2) is 8.42 Å². The van der Waals surface area contributed by atoms with Gasteiger partial charge in [0, 0.05) is 0 Å². The lowest BCUT2D eigenvalue weighted by Gasteiger charge is -2.09. The van der Waals surface area contributed by atoms with Crippen molar-refractivity contribution in [3.63, 3.8) is 0 Å². The van der Waals surface area contributed by atoms with Crippen LogP contribution in [0.5, 0.6) is 0 Å². The van der Waals surface area contributed by atoms with E-state index in [4.69, 9.17) is 5.11 Å². The minimum atomic E-state index is -3.26. The monoisotopic (exact) mass is 220 g/mol. The van der Waals surface area contributed by atoms with E-state index in [1.165, 1.54) is 6.92 Å². The lowest BCUT2D eigenvalue weighted by molar-refractivity contribution is -0.136. The molecule has 0 fully saturated rings. The Bertz CT molecular complexity index is 292. The van der Waals surface area contributed by atoms with Crippen molar-refractivity contribution < 1.29 is 18.3 Å². The average molecular weight is 220 g/mol. The first-order valence-corrected chi connectivity index (χ1v) is 6.16. The van der Waals surface area contributed by atoms with E-state index < -0.39 is 21.1 Å². The molecular weight excluding hydrogens is 204 g/mol. The second kappa shape index (κ2) is 5.80. The molecule has 0 saturated heterocycles. The van der Waals surface area contributed by atoms with Crippen LogP contribution in [0.2, 0.25) is 0 Å². The number of aliphatic carboxylic acids is 1. The number of sulfone groups is 1. The zero-order chi connectivity index (χ0) is 11.2. The molecular formula is C9H16O4S. The summed E-state index contributed by atoms with van der Waals surface area (Å²) in [4.78, 5) is 10.3. The maximum Gasteiger partial charge on any atom is 0.304 e. The van der Waals surface area contributed by atoms with Crippen LogP contribution in [0.4, 0.5) is 0 Å². The third-order valence-electron chi connectivity index (χ3n) is 1.91. The zero-order valence-electron chi connectivity index (χ0n) is 8.27. The van der Waals surface area contributed by atoms with Gasteiger partial charge in [0.1, 0.15) is 0 Å². The van der Waals surface area contributed by atoms with Crippen LogP contribution >= 0.6 is 0 Å². The number of unbranched alkanes of at least 4 members (excludes halogenated alkanes) is 1. The topological polar surface area (TPSA) is 71.4 Å². The summed E-state index contributed by atoms with van der Waals surface area (Å²) in [5, 5.41) is 7.64. The van der Waals surface area contributed by atoms with Gasteiger partial charge in [-0.15, -0.1) is 6.58 Å². The molecule has 82 valence electrons. The Morgan fingerprint density at radius 1 is 1.57 bits per heavy atom. The summed E-state index contributed by atoms with van der Waals surface area (Å²) in [6.45, 7) is 4.91. The molecule has 0 aromatic rings. The van der Waals surface area contributed by atoms with Gasteiger partial charge in [-0.2, -0.15) is 0 Å². The van der Waals surface area contributed by atoms with Crippen LogP contribution in [0.25, 0.3) is 0 Å². The fourth-order valence-electron chi connectivity index (χ4n) is 1.00. The summed E-state index contributed by atoms with van der Waals surface area (Å²) >= 11 is 0. The second-order valence-electron chi connectivity index (χ2n) is 3.21. The summed E-state index contributed by atoms with van der Waals surface area (Å²) in [7, 11) is -3.26. The maximum atomic E-state index is 11.4. The zero-order valence-corrected chi connectivity index (χ0v) is 9.09. The first-order chi connectivity index (χ1) is 6.40. The standard InChI is InChI=1S/C9H16O4S/c1-3-4-5-6-14(12,13)8(2)7-9(10)11/h3,8H,1,4-7H2,2H3,(H,10,11). The molecule has 1 atom stereocenters. The predicted octanol–water partition coefficient (Wildman–Crippen LogP) is 1.23. The Morgan fingerprint density at radius 2 is 2.14 bits per heavy atom. The number of allylic oxidation sites excluding steroid dienone is 1. The molecule has 0 bridgehead atoms. The van der Waals surface area contributed by atoms with Gasteiger partial charge in [0.15, 0.2) is 9.84 Å². The highest BCUT2D eigenvalue weighted by molar-refractivity contribution is 7.92. The van der Waals surface area contributed by atoms with Gasteiger partial charge in [0.05, 0.1) is 17.4 Å². The lowest BCUT2D eigenvalue weighted by atomic mass is 10.3. The highest BCUT2D eigenvalue weighted by atomic mass is 32.2. The van der Waals surface area contributed by atoms with Crippen LogP contribution < -0.4 is 0 Å². The first kappa shape index (κ1) is 13.2. The van der Waals surface area contributed by atoms with E-state index in [0.29, 0.717) is 12.8 Å². The average Bonchev–Trinajstić information content (AvgIpc) is 2.03. The summed E-state index contributed by atoms with van der Waals surface area (Å²) in [6, 6.07) is 0. The molecule has 0 aliphatic heterocycles. The van der Waals surface area contributed by atoms with Crippen LogP contribution in [0.3, 0.4) is 0 Å². The number of rotatable bonds is 7. The number of hydrogen-bond donors (Lipinski definition) is 1. The Kier molecular flexibility index (Phi) is 5.45. The quantitative estimate of drug-likeness (QED) is 0.517. The minimum absolute atomic E-state index is 0.0352. The van der Waals surface area contributed by atoms with Gasteiger partial charge in [0.25, 0.3) is 0 Å². The molecule has 0 saturated carbocycles. The summed E-state index contributed by atoms with van der Waals surface area (Å²) < 4.78 is 22.9. The van der Waals surface area contributed by atoms with E-state index in [0.717, 1.165) is 0 Å². The molecule has 0 heterocycles. The number of carbonyl (C=O) groups is 1. The number of hydrogen-bond acceptors (Lipinski definition) is 3. The molecule has 4 nitrogen and oxygen atoms in total. The van der Waals surface area contributed by atoms with Crippen molar-refractivity contribution in [1.29, 1.82) is 0 Å². The van der Waals surface area contributed by atoms with Crippen molar-refractivity contribution in [3.8, 4) is 0 Å². The van der Waals surface area contributed by atoms with Gasteiger partial charge in [-0.1, -0.05) is 6.08 Å². The largest absolute Gasteiger partial charge is 0.481 e. The van der Waals surface area contributed by atoms with Gasteiger partial charge >= 0.3 is 5.97 Å². The highest BCUT2D eigenvalue weighted by Gasteiger charge is 2.22. The molecule has 0 spiro atoms.